The third-order valence-corrected chi connectivity index (χ3v) is 6.33. The molecular formula is C29H40N8O. The second-order valence-electron chi connectivity index (χ2n) is 9.46. The van der Waals surface area contributed by atoms with E-state index in [1.807, 2.05) is 61.5 Å². The van der Waals surface area contributed by atoms with Gasteiger partial charge in [-0.05, 0) is 43.7 Å². The van der Waals surface area contributed by atoms with Crippen molar-refractivity contribution in [1.82, 2.24) is 9.80 Å². The van der Waals surface area contributed by atoms with Crippen molar-refractivity contribution in [2.75, 3.05) is 50.2 Å². The molecule has 202 valence electrons. The number of carbonyl (C=O) groups is 1. The van der Waals surface area contributed by atoms with Crippen LogP contribution in [0, 0.1) is 5.41 Å². The van der Waals surface area contributed by atoms with Gasteiger partial charge in [-0.15, -0.1) is 0 Å². The molecule has 9 heteroatoms. The monoisotopic (exact) mass is 516 g/mol. The zero-order valence-corrected chi connectivity index (χ0v) is 22.7. The molecule has 9 nitrogen and oxygen atoms in total. The van der Waals surface area contributed by atoms with Gasteiger partial charge in [0.25, 0.3) is 5.91 Å². The molecule has 3 rings (SSSR count). The van der Waals surface area contributed by atoms with Crippen LogP contribution in [0.3, 0.4) is 0 Å². The molecule has 5 N–H and O–H groups in total. The van der Waals surface area contributed by atoms with Gasteiger partial charge in [-0.3, -0.25) is 9.80 Å². The summed E-state index contributed by atoms with van der Waals surface area (Å²) >= 11 is 0. The molecule has 1 aliphatic rings. The lowest BCUT2D eigenvalue weighted by Gasteiger charge is -2.24. The lowest BCUT2D eigenvalue weighted by Crippen LogP contribution is -2.35. The van der Waals surface area contributed by atoms with E-state index in [4.69, 9.17) is 17.0 Å². The van der Waals surface area contributed by atoms with Crippen LogP contribution in [0.1, 0.15) is 25.3 Å². The third-order valence-electron chi connectivity index (χ3n) is 6.33. The predicted octanol–water partition coefficient (Wildman–Crippen LogP) is 3.35. The Morgan fingerprint density at radius 1 is 1.16 bits per heavy atom. The lowest BCUT2D eigenvalue weighted by molar-refractivity contribution is -0.114. The number of nitrogens with one attached hydrogen (secondary N) is 1. The van der Waals surface area contributed by atoms with E-state index >= 15 is 0 Å². The minimum Gasteiger partial charge on any atom is -0.400 e. The number of amides is 1. The minimum absolute atomic E-state index is 0.259. The molecule has 1 aliphatic heterocycles. The van der Waals surface area contributed by atoms with Gasteiger partial charge in [-0.25, -0.2) is 10.8 Å². The number of likely N-dealkylation sites (N-methyl/N-ethyl adjacent to an activating group) is 2. The van der Waals surface area contributed by atoms with E-state index in [-0.39, 0.29) is 11.5 Å². The van der Waals surface area contributed by atoms with Crippen molar-refractivity contribution in [3.63, 3.8) is 0 Å². The smallest absolute Gasteiger partial charge is 0.263 e. The first-order chi connectivity index (χ1) is 18.3. The number of hydrogen-bond acceptors (Lipinski definition) is 8. The summed E-state index contributed by atoms with van der Waals surface area (Å²) in [6, 6.07) is 17.8. The van der Waals surface area contributed by atoms with Crippen LogP contribution in [-0.2, 0) is 11.2 Å². The van der Waals surface area contributed by atoms with Gasteiger partial charge < -0.3 is 25.8 Å². The van der Waals surface area contributed by atoms with Crippen molar-refractivity contribution in [2.24, 2.45) is 16.6 Å². The third kappa shape index (κ3) is 7.77. The first kappa shape index (κ1) is 28.6. The maximum atomic E-state index is 13.4. The number of unbranched alkanes of at least 4 members (excludes halogenated alkanes) is 1. The second kappa shape index (κ2) is 14.1. The van der Waals surface area contributed by atoms with Crippen molar-refractivity contribution >= 4 is 29.7 Å². The Bertz CT molecular complexity index is 1170. The maximum absolute atomic E-state index is 13.4. The van der Waals surface area contributed by atoms with Gasteiger partial charge in [0.2, 0.25) is 0 Å². The number of nitrogens with two attached hydrogens (primary N) is 2. The van der Waals surface area contributed by atoms with Crippen molar-refractivity contribution in [1.29, 1.82) is 5.41 Å². The average Bonchev–Trinajstić information content (AvgIpc) is 3.03. The van der Waals surface area contributed by atoms with Crippen molar-refractivity contribution in [3.8, 4) is 0 Å². The summed E-state index contributed by atoms with van der Waals surface area (Å²) in [7, 11) is 3.92. The van der Waals surface area contributed by atoms with Crippen molar-refractivity contribution < 1.29 is 4.79 Å². The van der Waals surface area contributed by atoms with Crippen LogP contribution >= 0.6 is 0 Å². The standard InChI is InChI=1S/C29H40N8O/c1-4-5-15-33-28-27(20-30)29(38)36(18-17-35(28)3)25-12-9-13-26(19-25)37(32)22-24(31)21-34(2)16-14-23-10-7-6-8-11-23/h6-13,15,19-20,22,30H,4-5,14,16-18,21,31-32H2,1-3H3/b24-22-,30-20?,33-15+. The van der Waals surface area contributed by atoms with Crippen LogP contribution in [0.2, 0.25) is 0 Å². The summed E-state index contributed by atoms with van der Waals surface area (Å²) in [4.78, 5) is 23.7. The van der Waals surface area contributed by atoms with Gasteiger partial charge in [0, 0.05) is 63.2 Å². The molecule has 38 heavy (non-hydrogen) atoms. The van der Waals surface area contributed by atoms with E-state index in [1.165, 1.54) is 10.6 Å². The molecule has 2 aromatic rings. The Kier molecular flexibility index (Phi) is 10.6. The summed E-state index contributed by atoms with van der Waals surface area (Å²) in [6.45, 7) is 4.56. The van der Waals surface area contributed by atoms with Gasteiger partial charge in [0.05, 0.1) is 11.3 Å². The molecule has 0 unspecified atom stereocenters. The van der Waals surface area contributed by atoms with E-state index in [0.717, 1.165) is 32.0 Å². The van der Waals surface area contributed by atoms with Crippen LogP contribution < -0.4 is 21.5 Å². The fourth-order valence-corrected chi connectivity index (χ4v) is 4.20. The maximum Gasteiger partial charge on any atom is 0.263 e. The number of hydrogen-bond donors (Lipinski definition) is 3. The fourth-order valence-electron chi connectivity index (χ4n) is 4.20. The molecule has 0 saturated carbocycles. The Morgan fingerprint density at radius 2 is 1.92 bits per heavy atom. The Balaban J connectivity index is 1.72. The van der Waals surface area contributed by atoms with Crippen molar-refractivity contribution in [3.05, 3.63) is 83.5 Å². The number of benzene rings is 2. The molecule has 0 aromatic heterocycles. The highest BCUT2D eigenvalue weighted by Gasteiger charge is 2.27. The Labute approximate surface area is 226 Å². The molecule has 0 atom stereocenters. The van der Waals surface area contributed by atoms with Crippen LogP contribution in [-0.4, -0.2) is 68.4 Å². The van der Waals surface area contributed by atoms with E-state index in [0.29, 0.717) is 42.5 Å². The molecule has 0 aliphatic carbocycles. The minimum atomic E-state index is -0.260. The number of carbonyl (C=O) groups excluding carboxylic acids is 1. The van der Waals surface area contributed by atoms with E-state index in [9.17, 15) is 4.79 Å². The SMILES string of the molecule is CCC/C=N/C1=C(C=N)C(=O)N(c2cccc(N(N)/C=C(\N)CN(C)CCc3ccccc3)c2)CCN1C. The Hall–Kier alpha value is -3.95. The topological polar surface area (TPSA) is 118 Å². The summed E-state index contributed by atoms with van der Waals surface area (Å²) < 4.78 is 0. The molecule has 0 radical (unpaired) electrons. The molecule has 0 spiro atoms. The van der Waals surface area contributed by atoms with Gasteiger partial charge >= 0.3 is 0 Å². The number of nitrogens with zero attached hydrogens (tertiary/aromatic N) is 5. The molecule has 0 bridgehead atoms. The molecular weight excluding hydrogens is 476 g/mol. The largest absolute Gasteiger partial charge is 0.400 e. The fraction of sp³-hybridized carbons (Fsp3) is 0.345. The van der Waals surface area contributed by atoms with Gasteiger partial charge in [-0.1, -0.05) is 49.7 Å². The average molecular weight is 517 g/mol. The van der Waals surface area contributed by atoms with Gasteiger partial charge in [-0.2, -0.15) is 0 Å². The number of rotatable bonds is 12. The second-order valence-corrected chi connectivity index (χ2v) is 9.46. The summed E-state index contributed by atoms with van der Waals surface area (Å²) in [5.74, 6) is 6.61. The summed E-state index contributed by atoms with van der Waals surface area (Å²) in [5.41, 5.74) is 9.87. The zero-order valence-electron chi connectivity index (χ0n) is 22.7. The van der Waals surface area contributed by atoms with Crippen LogP contribution in [0.25, 0.3) is 0 Å². The van der Waals surface area contributed by atoms with E-state index in [1.54, 1.807) is 17.3 Å². The van der Waals surface area contributed by atoms with Crippen molar-refractivity contribution in [2.45, 2.75) is 26.2 Å². The lowest BCUT2D eigenvalue weighted by atomic mass is 10.1. The molecule has 0 fully saturated rings. The molecule has 1 amide bonds. The van der Waals surface area contributed by atoms with E-state index in [2.05, 4.69) is 28.9 Å². The van der Waals surface area contributed by atoms with Crippen LogP contribution in [0.5, 0.6) is 0 Å². The number of aliphatic imine (C=N–C) groups is 1. The van der Waals surface area contributed by atoms with E-state index < -0.39 is 0 Å². The highest BCUT2D eigenvalue weighted by molar-refractivity contribution is 6.19. The molecule has 0 saturated heterocycles. The zero-order chi connectivity index (χ0) is 27.5. The number of anilines is 2. The highest BCUT2D eigenvalue weighted by atomic mass is 16.2. The first-order valence-electron chi connectivity index (χ1n) is 13.0. The van der Waals surface area contributed by atoms with Gasteiger partial charge in [0.1, 0.15) is 5.82 Å². The van der Waals surface area contributed by atoms with Crippen LogP contribution in [0.4, 0.5) is 11.4 Å². The Morgan fingerprint density at radius 3 is 2.63 bits per heavy atom. The quantitative estimate of drug-likeness (QED) is 0.226. The summed E-state index contributed by atoms with van der Waals surface area (Å²) in [5, 5.41) is 9.39. The summed E-state index contributed by atoms with van der Waals surface area (Å²) in [6.07, 6.45) is 7.32. The van der Waals surface area contributed by atoms with Crippen LogP contribution in [0.15, 0.2) is 82.9 Å². The molecule has 1 heterocycles. The number of hydrazine groups is 1. The normalized spacial score (nSPS) is 15.0. The molecule has 2 aromatic carbocycles. The highest BCUT2D eigenvalue weighted by Crippen LogP contribution is 2.26. The predicted molar refractivity (Wildman–Crippen MR) is 157 cm³/mol. The first-order valence-corrected chi connectivity index (χ1v) is 13.0. The van der Waals surface area contributed by atoms with Gasteiger partial charge in [0.15, 0.2) is 0 Å².